The molecule has 3 nitrogen and oxygen atoms in total. The first-order chi connectivity index (χ1) is 9.28. The van der Waals surface area contributed by atoms with Crippen molar-refractivity contribution in [2.45, 2.75) is 24.6 Å². The van der Waals surface area contributed by atoms with E-state index < -0.39 is 27.7 Å². The van der Waals surface area contributed by atoms with Gasteiger partial charge in [0.2, 0.25) is 0 Å². The highest BCUT2D eigenvalue weighted by Crippen LogP contribution is 2.42. The number of benzene rings is 1. The van der Waals surface area contributed by atoms with Crippen LogP contribution in [0.5, 0.6) is 0 Å². The second-order valence-electron chi connectivity index (χ2n) is 5.36. The quantitative estimate of drug-likeness (QED) is 0.374. The van der Waals surface area contributed by atoms with E-state index in [9.17, 15) is 14.7 Å². The Bertz CT molecular complexity index is 564. The molecule has 2 rings (SSSR count). The molecular weight excluding hydrogens is 299 g/mol. The lowest BCUT2D eigenvalue weighted by molar-refractivity contribution is -0.126. The van der Waals surface area contributed by atoms with Crippen LogP contribution in [0.15, 0.2) is 35.9 Å². The number of aliphatic hydroxyl groups is 1. The number of ketones is 2. The fraction of sp³-hybridized carbons (Fsp3) is 0.333. The summed E-state index contributed by atoms with van der Waals surface area (Å²) in [7, 11) is 0. The second kappa shape index (κ2) is 5.23. The molecule has 1 saturated carbocycles. The molecule has 0 bridgehead atoms. The van der Waals surface area contributed by atoms with E-state index in [0.29, 0.717) is 5.56 Å². The maximum atomic E-state index is 12.3. The summed E-state index contributed by atoms with van der Waals surface area (Å²) in [5.41, 5.74) is -0.787. The number of halogens is 2. The first-order valence-corrected chi connectivity index (χ1v) is 7.01. The van der Waals surface area contributed by atoms with Crippen LogP contribution in [0.1, 0.15) is 19.4 Å². The summed E-state index contributed by atoms with van der Waals surface area (Å²) in [6.45, 7) is 3.32. The van der Waals surface area contributed by atoms with Crippen LogP contribution in [0, 0.1) is 5.41 Å². The Morgan fingerprint density at radius 2 is 1.50 bits per heavy atom. The standard InChI is InChI=1S/C15H14Cl2O3/c1-15(2)13(16)11(19)9(12(20)14(15)17)10(18)8-6-4-3-5-7-8/h3-7,13-14,18H,1-2H3. The lowest BCUT2D eigenvalue weighted by Gasteiger charge is -2.37. The highest BCUT2D eigenvalue weighted by atomic mass is 35.5. The summed E-state index contributed by atoms with van der Waals surface area (Å²) >= 11 is 12.2. The number of Topliss-reactive ketones (excluding diaryl/α,β-unsaturated/α-hetero) is 2. The molecule has 2 atom stereocenters. The number of allylic oxidation sites excluding steroid dienone is 1. The summed E-state index contributed by atoms with van der Waals surface area (Å²) in [6.07, 6.45) is 0. The lowest BCUT2D eigenvalue weighted by atomic mass is 9.72. The fourth-order valence-electron chi connectivity index (χ4n) is 2.15. The Kier molecular flexibility index (Phi) is 3.94. The van der Waals surface area contributed by atoms with Crippen LogP contribution < -0.4 is 0 Å². The van der Waals surface area contributed by atoms with Gasteiger partial charge in [-0.1, -0.05) is 44.2 Å². The van der Waals surface area contributed by atoms with Gasteiger partial charge in [0.1, 0.15) is 22.1 Å². The second-order valence-corrected chi connectivity index (χ2v) is 6.24. The number of rotatable bonds is 1. The van der Waals surface area contributed by atoms with Crippen molar-refractivity contribution in [3.8, 4) is 0 Å². The van der Waals surface area contributed by atoms with Gasteiger partial charge in [0.15, 0.2) is 11.6 Å². The molecule has 1 aliphatic carbocycles. The Morgan fingerprint density at radius 3 is 1.95 bits per heavy atom. The van der Waals surface area contributed by atoms with Crippen molar-refractivity contribution >= 4 is 40.5 Å². The zero-order valence-electron chi connectivity index (χ0n) is 11.1. The fourth-order valence-corrected chi connectivity index (χ4v) is 2.69. The van der Waals surface area contributed by atoms with E-state index in [1.165, 1.54) is 0 Å². The molecule has 1 aromatic rings. The molecular formula is C15H14Cl2O3. The van der Waals surface area contributed by atoms with Crippen molar-refractivity contribution in [1.29, 1.82) is 0 Å². The molecule has 1 aliphatic rings. The Hall–Kier alpha value is -1.32. The molecule has 106 valence electrons. The molecule has 1 fully saturated rings. The highest BCUT2D eigenvalue weighted by Gasteiger charge is 2.51. The van der Waals surface area contributed by atoms with Gasteiger partial charge < -0.3 is 5.11 Å². The van der Waals surface area contributed by atoms with Crippen molar-refractivity contribution in [3.63, 3.8) is 0 Å². The van der Waals surface area contributed by atoms with E-state index in [0.717, 1.165) is 0 Å². The van der Waals surface area contributed by atoms with E-state index >= 15 is 0 Å². The molecule has 5 heteroatoms. The number of aliphatic hydroxyl groups excluding tert-OH is 1. The Balaban J connectivity index is 2.57. The molecule has 0 spiro atoms. The van der Waals surface area contributed by atoms with Gasteiger partial charge >= 0.3 is 0 Å². The summed E-state index contributed by atoms with van der Waals surface area (Å²) in [5.74, 6) is -1.53. The van der Waals surface area contributed by atoms with Gasteiger partial charge in [-0.2, -0.15) is 0 Å². The minimum Gasteiger partial charge on any atom is -0.506 e. The van der Waals surface area contributed by atoms with Crippen LogP contribution in [-0.4, -0.2) is 27.4 Å². The summed E-state index contributed by atoms with van der Waals surface area (Å²) in [6, 6.07) is 8.38. The summed E-state index contributed by atoms with van der Waals surface area (Å²) < 4.78 is 0. The van der Waals surface area contributed by atoms with Gasteiger partial charge in [0.05, 0.1) is 0 Å². The summed E-state index contributed by atoms with van der Waals surface area (Å²) in [4.78, 5) is 24.6. The zero-order valence-corrected chi connectivity index (χ0v) is 12.6. The normalized spacial score (nSPS) is 25.7. The van der Waals surface area contributed by atoms with E-state index in [-0.39, 0.29) is 11.3 Å². The van der Waals surface area contributed by atoms with E-state index in [2.05, 4.69) is 0 Å². The highest BCUT2D eigenvalue weighted by molar-refractivity contribution is 6.48. The SMILES string of the molecule is CC1(C)C(Cl)C(=O)C(=C(O)c2ccccc2)C(=O)C1Cl. The van der Waals surface area contributed by atoms with Crippen LogP contribution >= 0.6 is 23.2 Å². The maximum Gasteiger partial charge on any atom is 0.188 e. The van der Waals surface area contributed by atoms with Gasteiger partial charge in [0, 0.05) is 11.0 Å². The van der Waals surface area contributed by atoms with Crippen molar-refractivity contribution < 1.29 is 14.7 Å². The van der Waals surface area contributed by atoms with E-state index in [4.69, 9.17) is 23.2 Å². The van der Waals surface area contributed by atoms with Gasteiger partial charge in [0.25, 0.3) is 0 Å². The minimum absolute atomic E-state index is 0.310. The predicted molar refractivity (Wildman–Crippen MR) is 79.1 cm³/mol. The molecule has 0 amide bonds. The molecule has 1 N–H and O–H groups in total. The third kappa shape index (κ3) is 2.25. The predicted octanol–water partition coefficient (Wildman–Crippen LogP) is 3.35. The third-order valence-electron chi connectivity index (χ3n) is 3.54. The lowest BCUT2D eigenvalue weighted by Crippen LogP contribution is -2.51. The molecule has 0 aliphatic heterocycles. The topological polar surface area (TPSA) is 54.4 Å². The molecule has 20 heavy (non-hydrogen) atoms. The van der Waals surface area contributed by atoms with Gasteiger partial charge in [-0.05, 0) is 0 Å². The number of hydrogen-bond donors (Lipinski definition) is 1. The maximum absolute atomic E-state index is 12.3. The van der Waals surface area contributed by atoms with Crippen molar-refractivity contribution in [3.05, 3.63) is 41.5 Å². The van der Waals surface area contributed by atoms with Gasteiger partial charge in [-0.25, -0.2) is 0 Å². The largest absolute Gasteiger partial charge is 0.506 e. The van der Waals surface area contributed by atoms with Crippen LogP contribution in [0.25, 0.3) is 5.76 Å². The zero-order chi connectivity index (χ0) is 15.1. The number of carbonyl (C=O) groups excluding carboxylic acids is 2. The molecule has 0 heterocycles. The average Bonchev–Trinajstić information content (AvgIpc) is 2.44. The molecule has 1 aromatic carbocycles. The van der Waals surface area contributed by atoms with Crippen molar-refractivity contribution in [2.75, 3.05) is 0 Å². The molecule has 2 unspecified atom stereocenters. The van der Waals surface area contributed by atoms with E-state index in [1.54, 1.807) is 44.2 Å². The smallest absolute Gasteiger partial charge is 0.188 e. The molecule has 0 aromatic heterocycles. The van der Waals surface area contributed by atoms with Crippen LogP contribution in [0.2, 0.25) is 0 Å². The Labute approximate surface area is 127 Å². The summed E-state index contributed by atoms with van der Waals surface area (Å²) in [5, 5.41) is 8.30. The number of hydrogen-bond acceptors (Lipinski definition) is 3. The molecule has 0 radical (unpaired) electrons. The first kappa shape index (κ1) is 15.1. The molecule has 0 saturated heterocycles. The Morgan fingerprint density at radius 1 is 1.05 bits per heavy atom. The van der Waals surface area contributed by atoms with Crippen LogP contribution in [0.4, 0.5) is 0 Å². The first-order valence-electron chi connectivity index (χ1n) is 6.13. The van der Waals surface area contributed by atoms with Gasteiger partial charge in [-0.15, -0.1) is 23.2 Å². The van der Waals surface area contributed by atoms with Gasteiger partial charge in [-0.3, -0.25) is 9.59 Å². The average molecular weight is 313 g/mol. The minimum atomic E-state index is -0.955. The van der Waals surface area contributed by atoms with Crippen molar-refractivity contribution in [2.24, 2.45) is 5.41 Å². The van der Waals surface area contributed by atoms with Crippen molar-refractivity contribution in [1.82, 2.24) is 0 Å². The number of alkyl halides is 2. The van der Waals surface area contributed by atoms with Crippen LogP contribution in [0.3, 0.4) is 0 Å². The third-order valence-corrected chi connectivity index (χ3v) is 5.06. The monoisotopic (exact) mass is 312 g/mol. The van der Waals surface area contributed by atoms with E-state index in [1.807, 2.05) is 0 Å². The van der Waals surface area contributed by atoms with Crippen LogP contribution in [-0.2, 0) is 9.59 Å². The number of carbonyl (C=O) groups is 2.